The van der Waals surface area contributed by atoms with Crippen LogP contribution in [-0.2, 0) is 20.9 Å². The summed E-state index contributed by atoms with van der Waals surface area (Å²) in [6.45, 7) is 1.76. The molecule has 0 radical (unpaired) electrons. The SMILES string of the molecule is COc1ccc(OCC(=O)OCC(=O)NCc2ccccc2C)cc1. The fourth-order valence-corrected chi connectivity index (χ4v) is 2.06. The van der Waals surface area contributed by atoms with Gasteiger partial charge in [0.05, 0.1) is 7.11 Å². The van der Waals surface area contributed by atoms with Crippen molar-refractivity contribution >= 4 is 11.9 Å². The summed E-state index contributed by atoms with van der Waals surface area (Å²) in [5.74, 6) is 0.241. The number of rotatable bonds is 8. The molecule has 0 aliphatic carbocycles. The Kier molecular flexibility index (Phi) is 6.83. The Morgan fingerprint density at radius 2 is 1.64 bits per heavy atom. The highest BCUT2D eigenvalue weighted by atomic mass is 16.6. The molecule has 0 atom stereocenters. The van der Waals surface area contributed by atoms with Crippen LogP contribution in [-0.4, -0.2) is 32.2 Å². The zero-order valence-electron chi connectivity index (χ0n) is 14.3. The number of hydrogen-bond acceptors (Lipinski definition) is 5. The van der Waals surface area contributed by atoms with Crippen molar-refractivity contribution in [1.29, 1.82) is 0 Å². The summed E-state index contributed by atoms with van der Waals surface area (Å²) in [5, 5.41) is 2.71. The number of hydrogen-bond donors (Lipinski definition) is 1. The van der Waals surface area contributed by atoms with E-state index < -0.39 is 5.97 Å². The molecule has 2 aromatic rings. The zero-order valence-corrected chi connectivity index (χ0v) is 14.3. The van der Waals surface area contributed by atoms with Crippen molar-refractivity contribution in [3.05, 3.63) is 59.7 Å². The molecule has 0 fully saturated rings. The molecule has 0 heterocycles. The molecule has 0 unspecified atom stereocenters. The van der Waals surface area contributed by atoms with Crippen LogP contribution in [0.1, 0.15) is 11.1 Å². The summed E-state index contributed by atoms with van der Waals surface area (Å²) in [6.07, 6.45) is 0. The molecule has 132 valence electrons. The Labute approximate surface area is 146 Å². The van der Waals surface area contributed by atoms with Crippen LogP contribution in [0.15, 0.2) is 48.5 Å². The van der Waals surface area contributed by atoms with Gasteiger partial charge in [-0.15, -0.1) is 0 Å². The van der Waals surface area contributed by atoms with Crippen molar-refractivity contribution in [2.75, 3.05) is 20.3 Å². The number of benzene rings is 2. The molecule has 0 aromatic heterocycles. The van der Waals surface area contributed by atoms with Gasteiger partial charge in [-0.3, -0.25) is 4.79 Å². The molecule has 0 aliphatic heterocycles. The van der Waals surface area contributed by atoms with Crippen molar-refractivity contribution in [2.24, 2.45) is 0 Å². The van der Waals surface area contributed by atoms with Crippen molar-refractivity contribution in [2.45, 2.75) is 13.5 Å². The fraction of sp³-hybridized carbons (Fsp3) is 0.263. The number of esters is 1. The molecule has 6 nitrogen and oxygen atoms in total. The minimum absolute atomic E-state index is 0.266. The minimum atomic E-state index is -0.609. The first kappa shape index (κ1) is 18.3. The summed E-state index contributed by atoms with van der Waals surface area (Å²) < 4.78 is 15.2. The number of nitrogens with one attached hydrogen (secondary N) is 1. The van der Waals surface area contributed by atoms with Gasteiger partial charge in [-0.1, -0.05) is 24.3 Å². The van der Waals surface area contributed by atoms with Crippen LogP contribution in [0.5, 0.6) is 11.5 Å². The van der Waals surface area contributed by atoms with Gasteiger partial charge in [0.15, 0.2) is 13.2 Å². The van der Waals surface area contributed by atoms with Crippen LogP contribution in [0, 0.1) is 6.92 Å². The highest BCUT2D eigenvalue weighted by molar-refractivity contribution is 5.80. The molecule has 0 spiro atoms. The van der Waals surface area contributed by atoms with Crippen LogP contribution in [0.3, 0.4) is 0 Å². The van der Waals surface area contributed by atoms with E-state index in [1.807, 2.05) is 31.2 Å². The number of amides is 1. The fourth-order valence-electron chi connectivity index (χ4n) is 2.06. The number of ether oxygens (including phenoxy) is 3. The van der Waals surface area contributed by atoms with E-state index in [-0.39, 0.29) is 19.1 Å². The first-order chi connectivity index (χ1) is 12.1. The molecule has 0 aliphatic rings. The third-order valence-corrected chi connectivity index (χ3v) is 3.52. The monoisotopic (exact) mass is 343 g/mol. The van der Waals surface area contributed by atoms with Gasteiger partial charge < -0.3 is 19.5 Å². The number of methoxy groups -OCH3 is 1. The van der Waals surface area contributed by atoms with Crippen molar-refractivity contribution in [3.8, 4) is 11.5 Å². The number of aryl methyl sites for hydroxylation is 1. The average Bonchev–Trinajstić information content (AvgIpc) is 2.64. The predicted octanol–water partition coefficient (Wildman–Crippen LogP) is 2.24. The predicted molar refractivity (Wildman–Crippen MR) is 92.5 cm³/mol. The van der Waals surface area contributed by atoms with E-state index in [4.69, 9.17) is 14.2 Å². The molecule has 1 amide bonds. The van der Waals surface area contributed by atoms with Gasteiger partial charge in [0.2, 0.25) is 0 Å². The maximum absolute atomic E-state index is 11.7. The maximum Gasteiger partial charge on any atom is 0.344 e. The van der Waals surface area contributed by atoms with Gasteiger partial charge in [0.25, 0.3) is 5.91 Å². The van der Waals surface area contributed by atoms with Crippen molar-refractivity contribution < 1.29 is 23.8 Å². The average molecular weight is 343 g/mol. The second kappa shape index (κ2) is 9.32. The van der Waals surface area contributed by atoms with Crippen LogP contribution in [0.25, 0.3) is 0 Å². The van der Waals surface area contributed by atoms with E-state index in [1.54, 1.807) is 31.4 Å². The van der Waals surface area contributed by atoms with E-state index in [2.05, 4.69) is 5.32 Å². The maximum atomic E-state index is 11.7. The summed E-state index contributed by atoms with van der Waals surface area (Å²) in [5.41, 5.74) is 2.11. The molecule has 2 aromatic carbocycles. The van der Waals surface area contributed by atoms with Gasteiger partial charge in [0.1, 0.15) is 11.5 Å². The van der Waals surface area contributed by atoms with E-state index in [0.29, 0.717) is 18.0 Å². The Morgan fingerprint density at radius 3 is 2.32 bits per heavy atom. The normalized spacial score (nSPS) is 10.0. The van der Waals surface area contributed by atoms with Crippen LogP contribution < -0.4 is 14.8 Å². The van der Waals surface area contributed by atoms with Crippen molar-refractivity contribution in [3.63, 3.8) is 0 Å². The van der Waals surface area contributed by atoms with Crippen LogP contribution in [0.2, 0.25) is 0 Å². The van der Waals surface area contributed by atoms with E-state index in [9.17, 15) is 9.59 Å². The molecular weight excluding hydrogens is 322 g/mol. The zero-order chi connectivity index (χ0) is 18.1. The largest absolute Gasteiger partial charge is 0.497 e. The van der Waals surface area contributed by atoms with Crippen molar-refractivity contribution in [1.82, 2.24) is 5.32 Å². The second-order valence-electron chi connectivity index (χ2n) is 5.33. The van der Waals surface area contributed by atoms with Gasteiger partial charge in [-0.05, 0) is 42.3 Å². The summed E-state index contributed by atoms with van der Waals surface area (Å²) in [6, 6.07) is 14.6. The lowest BCUT2D eigenvalue weighted by atomic mass is 10.1. The smallest absolute Gasteiger partial charge is 0.344 e. The van der Waals surface area contributed by atoms with Gasteiger partial charge >= 0.3 is 5.97 Å². The lowest BCUT2D eigenvalue weighted by molar-refractivity contribution is -0.150. The minimum Gasteiger partial charge on any atom is -0.497 e. The third-order valence-electron chi connectivity index (χ3n) is 3.52. The first-order valence-corrected chi connectivity index (χ1v) is 7.82. The Balaban J connectivity index is 1.66. The van der Waals surface area contributed by atoms with Crippen LogP contribution in [0.4, 0.5) is 0 Å². The van der Waals surface area contributed by atoms with E-state index >= 15 is 0 Å². The molecular formula is C19H21NO5. The standard InChI is InChI=1S/C19H21NO5/c1-14-5-3-4-6-15(14)11-20-18(21)12-25-19(22)13-24-17-9-7-16(23-2)8-10-17/h3-10H,11-13H2,1-2H3,(H,20,21). The molecule has 1 N–H and O–H groups in total. The van der Waals surface area contributed by atoms with E-state index in [1.165, 1.54) is 0 Å². The van der Waals surface area contributed by atoms with Gasteiger partial charge in [-0.2, -0.15) is 0 Å². The molecule has 6 heteroatoms. The number of carbonyl (C=O) groups excluding carboxylic acids is 2. The highest BCUT2D eigenvalue weighted by Gasteiger charge is 2.09. The van der Waals surface area contributed by atoms with E-state index in [0.717, 1.165) is 11.1 Å². The Morgan fingerprint density at radius 1 is 0.960 bits per heavy atom. The Hall–Kier alpha value is -3.02. The molecule has 25 heavy (non-hydrogen) atoms. The third kappa shape index (κ3) is 6.18. The summed E-state index contributed by atoms with van der Waals surface area (Å²) in [7, 11) is 1.57. The lowest BCUT2D eigenvalue weighted by Gasteiger charge is -2.09. The summed E-state index contributed by atoms with van der Waals surface area (Å²) >= 11 is 0. The second-order valence-corrected chi connectivity index (χ2v) is 5.33. The Bertz CT molecular complexity index is 712. The van der Waals surface area contributed by atoms with Crippen LogP contribution >= 0.6 is 0 Å². The number of carbonyl (C=O) groups is 2. The summed E-state index contributed by atoms with van der Waals surface area (Å²) in [4.78, 5) is 23.4. The molecule has 2 rings (SSSR count). The highest BCUT2D eigenvalue weighted by Crippen LogP contribution is 2.16. The first-order valence-electron chi connectivity index (χ1n) is 7.82. The lowest BCUT2D eigenvalue weighted by Crippen LogP contribution is -2.29. The van der Waals surface area contributed by atoms with Gasteiger partial charge in [0, 0.05) is 6.54 Å². The topological polar surface area (TPSA) is 73.9 Å². The molecule has 0 saturated carbocycles. The molecule has 0 bridgehead atoms. The quantitative estimate of drug-likeness (QED) is 0.744. The van der Waals surface area contributed by atoms with Gasteiger partial charge in [-0.25, -0.2) is 4.79 Å². The molecule has 0 saturated heterocycles.